The average molecular weight is 364 g/mol. The Morgan fingerprint density at radius 2 is 2.12 bits per heavy atom. The molecule has 0 saturated heterocycles. The predicted octanol–water partition coefficient (Wildman–Crippen LogP) is 2.69. The summed E-state index contributed by atoms with van der Waals surface area (Å²) in [4.78, 5) is 5.23. The highest BCUT2D eigenvalue weighted by Gasteiger charge is 2.25. The molecule has 8 heteroatoms. The van der Waals surface area contributed by atoms with Gasteiger partial charge in [-0.15, -0.1) is 11.3 Å². The number of hydrogen-bond acceptors (Lipinski definition) is 6. The first kappa shape index (κ1) is 17.1. The third-order valence-corrected chi connectivity index (χ3v) is 6.93. The molecule has 0 spiro atoms. The van der Waals surface area contributed by atoms with Gasteiger partial charge in [0, 0.05) is 17.6 Å². The first-order valence-corrected chi connectivity index (χ1v) is 10.5. The number of nitrogens with zero attached hydrogens (tertiary/aromatic N) is 2. The number of thiophene rings is 1. The van der Waals surface area contributed by atoms with Crippen LogP contribution in [-0.4, -0.2) is 32.2 Å². The Bertz CT molecular complexity index is 862. The van der Waals surface area contributed by atoms with E-state index in [1.807, 2.05) is 11.4 Å². The number of nitrogens with one attached hydrogen (secondary N) is 2. The largest absolute Gasteiger partial charge is 0.381 e. The molecule has 2 aromatic heterocycles. The first-order chi connectivity index (χ1) is 11.5. The van der Waals surface area contributed by atoms with Crippen LogP contribution in [0.3, 0.4) is 0 Å². The lowest BCUT2D eigenvalue weighted by molar-refractivity contribution is 0.361. The van der Waals surface area contributed by atoms with E-state index in [0.29, 0.717) is 5.56 Å². The van der Waals surface area contributed by atoms with E-state index >= 15 is 0 Å². The van der Waals surface area contributed by atoms with E-state index < -0.39 is 10.0 Å². The number of sulfonamides is 1. The van der Waals surface area contributed by atoms with Gasteiger partial charge < -0.3 is 5.32 Å². The summed E-state index contributed by atoms with van der Waals surface area (Å²) in [6, 6.07) is 4.45. The van der Waals surface area contributed by atoms with Crippen molar-refractivity contribution in [3.05, 3.63) is 23.2 Å². The number of pyridine rings is 1. The highest BCUT2D eigenvalue weighted by atomic mass is 32.2. The molecule has 2 N–H and O–H groups in total. The quantitative estimate of drug-likeness (QED) is 0.850. The maximum Gasteiger partial charge on any atom is 0.211 e. The summed E-state index contributed by atoms with van der Waals surface area (Å²) < 4.78 is 25.7. The van der Waals surface area contributed by atoms with Gasteiger partial charge in [-0.1, -0.05) is 0 Å². The van der Waals surface area contributed by atoms with Crippen LogP contribution in [0.5, 0.6) is 0 Å². The van der Waals surface area contributed by atoms with Crippen molar-refractivity contribution in [3.63, 3.8) is 0 Å². The molecule has 0 amide bonds. The molecule has 1 saturated carbocycles. The maximum atomic E-state index is 11.7. The highest BCUT2D eigenvalue weighted by molar-refractivity contribution is 7.89. The van der Waals surface area contributed by atoms with Gasteiger partial charge in [0.05, 0.1) is 17.0 Å². The summed E-state index contributed by atoms with van der Waals surface area (Å²) in [7, 11) is -1.69. The Morgan fingerprint density at radius 1 is 1.38 bits per heavy atom. The van der Waals surface area contributed by atoms with E-state index in [1.54, 1.807) is 17.5 Å². The Labute approximate surface area is 146 Å². The summed E-state index contributed by atoms with van der Waals surface area (Å²) in [6.07, 6.45) is 5.17. The molecule has 6 nitrogen and oxygen atoms in total. The molecule has 1 aliphatic carbocycles. The van der Waals surface area contributed by atoms with Crippen LogP contribution < -0.4 is 10.0 Å². The van der Waals surface area contributed by atoms with Crippen LogP contribution in [-0.2, 0) is 10.0 Å². The zero-order valence-electron chi connectivity index (χ0n) is 13.4. The first-order valence-electron chi connectivity index (χ1n) is 7.96. The molecule has 0 unspecified atom stereocenters. The number of nitriles is 1. The van der Waals surface area contributed by atoms with Crippen molar-refractivity contribution in [2.24, 2.45) is 5.92 Å². The van der Waals surface area contributed by atoms with Gasteiger partial charge in [-0.2, -0.15) is 5.26 Å². The predicted molar refractivity (Wildman–Crippen MR) is 96.6 cm³/mol. The van der Waals surface area contributed by atoms with E-state index in [0.717, 1.165) is 41.6 Å². The van der Waals surface area contributed by atoms with Crippen molar-refractivity contribution >= 4 is 37.3 Å². The zero-order valence-corrected chi connectivity index (χ0v) is 15.1. The minimum Gasteiger partial charge on any atom is -0.381 e. The zero-order chi connectivity index (χ0) is 17.2. The molecular formula is C16H20N4O2S2. The van der Waals surface area contributed by atoms with E-state index in [2.05, 4.69) is 21.1 Å². The number of hydrogen-bond donors (Lipinski definition) is 2. The second kappa shape index (κ2) is 7.05. The molecule has 2 heterocycles. The molecule has 128 valence electrons. The van der Waals surface area contributed by atoms with E-state index in [1.165, 1.54) is 7.05 Å². The van der Waals surface area contributed by atoms with Crippen molar-refractivity contribution < 1.29 is 8.42 Å². The summed E-state index contributed by atoms with van der Waals surface area (Å²) in [5, 5.41) is 15.8. The van der Waals surface area contributed by atoms with Crippen LogP contribution in [0.15, 0.2) is 17.6 Å². The summed E-state index contributed by atoms with van der Waals surface area (Å²) >= 11 is 1.56. The second-order valence-corrected chi connectivity index (χ2v) is 9.01. The summed E-state index contributed by atoms with van der Waals surface area (Å²) in [5.74, 6) is 0.401. The van der Waals surface area contributed by atoms with Gasteiger partial charge in [0.15, 0.2) is 0 Å². The van der Waals surface area contributed by atoms with Crippen LogP contribution in [0.2, 0.25) is 0 Å². The van der Waals surface area contributed by atoms with E-state index in [4.69, 9.17) is 0 Å². The number of fused-ring (bicyclic) bond motifs is 1. The van der Waals surface area contributed by atoms with Gasteiger partial charge in [0.1, 0.15) is 10.9 Å². The van der Waals surface area contributed by atoms with Crippen LogP contribution in [0.25, 0.3) is 10.2 Å². The molecule has 0 aromatic carbocycles. The fourth-order valence-corrected chi connectivity index (χ4v) is 5.10. The molecular weight excluding hydrogens is 344 g/mol. The minimum atomic E-state index is -3.15. The van der Waals surface area contributed by atoms with Gasteiger partial charge in [0.2, 0.25) is 10.0 Å². The molecule has 0 bridgehead atoms. The number of aromatic nitrogens is 1. The van der Waals surface area contributed by atoms with Crippen molar-refractivity contribution in [2.45, 2.75) is 31.7 Å². The van der Waals surface area contributed by atoms with Crippen molar-refractivity contribution in [1.82, 2.24) is 9.71 Å². The Hall–Kier alpha value is -1.69. The second-order valence-electron chi connectivity index (χ2n) is 6.15. The summed E-state index contributed by atoms with van der Waals surface area (Å²) in [5.41, 5.74) is 1.41. The van der Waals surface area contributed by atoms with Crippen molar-refractivity contribution in [2.75, 3.05) is 18.1 Å². The van der Waals surface area contributed by atoms with E-state index in [-0.39, 0.29) is 17.7 Å². The van der Waals surface area contributed by atoms with Crippen molar-refractivity contribution in [3.8, 4) is 6.07 Å². The third kappa shape index (κ3) is 3.69. The Kier molecular flexibility index (Phi) is 5.04. The maximum absolute atomic E-state index is 11.7. The topological polar surface area (TPSA) is 94.9 Å². The van der Waals surface area contributed by atoms with E-state index in [9.17, 15) is 13.7 Å². The lowest BCUT2D eigenvalue weighted by Crippen LogP contribution is -2.32. The Balaban J connectivity index is 1.69. The standard InChI is InChI=1S/C16H20N4O2S2/c1-18-24(21,22)10-11-2-4-13(5-3-11)20-15-12(8-17)9-19-16-14(15)6-7-23-16/h6-7,9,11,13,18H,2-5,10H2,1H3,(H,19,20). The van der Waals surface area contributed by atoms with Crippen LogP contribution in [0.1, 0.15) is 31.2 Å². The molecule has 0 atom stereocenters. The molecule has 1 aliphatic rings. The molecule has 1 fully saturated rings. The van der Waals surface area contributed by atoms with Crippen LogP contribution >= 0.6 is 11.3 Å². The molecule has 3 rings (SSSR count). The van der Waals surface area contributed by atoms with Gasteiger partial charge in [0.25, 0.3) is 0 Å². The summed E-state index contributed by atoms with van der Waals surface area (Å²) in [6.45, 7) is 0. The SMILES string of the molecule is CNS(=O)(=O)CC1CCC(Nc2c(C#N)cnc3sccc23)CC1. The van der Waals surface area contributed by atoms with Gasteiger partial charge in [-0.25, -0.2) is 18.1 Å². The smallest absolute Gasteiger partial charge is 0.211 e. The highest BCUT2D eigenvalue weighted by Crippen LogP contribution is 2.33. The van der Waals surface area contributed by atoms with Gasteiger partial charge in [-0.3, -0.25) is 0 Å². The monoisotopic (exact) mass is 364 g/mol. The van der Waals surface area contributed by atoms with Crippen molar-refractivity contribution in [1.29, 1.82) is 5.26 Å². The lowest BCUT2D eigenvalue weighted by atomic mass is 9.87. The molecule has 0 radical (unpaired) electrons. The number of anilines is 1. The third-order valence-electron chi connectivity index (χ3n) is 4.58. The van der Waals surface area contributed by atoms with Gasteiger partial charge in [-0.05, 0) is 50.1 Å². The molecule has 24 heavy (non-hydrogen) atoms. The molecule has 2 aromatic rings. The Morgan fingerprint density at radius 3 is 2.79 bits per heavy atom. The van der Waals surface area contributed by atoms with Crippen LogP contribution in [0.4, 0.5) is 5.69 Å². The average Bonchev–Trinajstić information content (AvgIpc) is 3.05. The van der Waals surface area contributed by atoms with Gasteiger partial charge >= 0.3 is 0 Å². The lowest BCUT2D eigenvalue weighted by Gasteiger charge is -2.30. The fourth-order valence-electron chi connectivity index (χ4n) is 3.24. The normalized spacial score (nSPS) is 21.5. The van der Waals surface area contributed by atoms with Crippen LogP contribution in [0, 0.1) is 17.2 Å². The minimum absolute atomic E-state index is 0.198. The molecule has 0 aliphatic heterocycles. The number of rotatable bonds is 5. The fraction of sp³-hybridized carbons (Fsp3) is 0.500.